The van der Waals surface area contributed by atoms with E-state index < -0.39 is 24.6 Å². The number of alkyl halides is 1. The van der Waals surface area contributed by atoms with Gasteiger partial charge >= 0.3 is 0 Å². The second kappa shape index (κ2) is 7.88. The van der Waals surface area contributed by atoms with Crippen LogP contribution in [0.3, 0.4) is 0 Å². The third kappa shape index (κ3) is 3.58. The summed E-state index contributed by atoms with van der Waals surface area (Å²) in [5, 5.41) is 10.2. The minimum atomic E-state index is -1.70. The number of halogens is 3. The van der Waals surface area contributed by atoms with Crippen molar-refractivity contribution in [3.63, 3.8) is 0 Å². The Morgan fingerprint density at radius 3 is 2.93 bits per heavy atom. The number of fused-ring (bicyclic) bond motifs is 1. The molecule has 11 heteroatoms. The number of anilines is 1. The molecule has 1 aliphatic heterocycles. The molecule has 3 heterocycles. The van der Waals surface area contributed by atoms with Crippen LogP contribution in [-0.4, -0.2) is 49.6 Å². The predicted molar refractivity (Wildman–Crippen MR) is 103 cm³/mol. The largest absolute Gasteiger partial charge is 0.387 e. The third-order valence-electron chi connectivity index (χ3n) is 4.49. The van der Waals surface area contributed by atoms with Crippen molar-refractivity contribution in [3.05, 3.63) is 45.9 Å². The summed E-state index contributed by atoms with van der Waals surface area (Å²) in [6, 6.07) is 7.59. The van der Waals surface area contributed by atoms with Gasteiger partial charge < -0.3 is 20.3 Å². The molecule has 0 saturated carbocycles. The third-order valence-corrected chi connectivity index (χ3v) is 5.43. The van der Waals surface area contributed by atoms with Crippen LogP contribution in [0.4, 0.5) is 10.2 Å². The van der Waals surface area contributed by atoms with Gasteiger partial charge in [-0.15, -0.1) is 0 Å². The fourth-order valence-corrected chi connectivity index (χ4v) is 3.63. The molecule has 3 aromatic rings. The Morgan fingerprint density at radius 2 is 2.14 bits per heavy atom. The topological polar surface area (TPSA) is 108 Å². The summed E-state index contributed by atoms with van der Waals surface area (Å²) < 4.78 is 28.3. The smallest absolute Gasteiger partial charge is 0.226 e. The standard InChI is InChI=1S/C17H16BrClFN5O3/c18-9-4-2-1-3-8(9)5-27-6-10-13(26)11(20)16(28-10)25-7-22-12-14(21)23-17(19)24-15(12)25/h1-4,7,10-11,13,16,26H,5-6H2,(H2,21,23,24)/t10-,11+,13-,16-/m1/s1. The Labute approximate surface area is 172 Å². The average Bonchev–Trinajstić information content (AvgIpc) is 3.19. The van der Waals surface area contributed by atoms with Crippen molar-refractivity contribution in [2.24, 2.45) is 0 Å². The Morgan fingerprint density at radius 1 is 1.36 bits per heavy atom. The highest BCUT2D eigenvalue weighted by Gasteiger charge is 2.46. The van der Waals surface area contributed by atoms with Crippen LogP contribution in [0.2, 0.25) is 5.28 Å². The lowest BCUT2D eigenvalue weighted by Crippen LogP contribution is -2.31. The molecule has 1 aliphatic rings. The highest BCUT2D eigenvalue weighted by molar-refractivity contribution is 9.10. The van der Waals surface area contributed by atoms with Gasteiger partial charge in [0, 0.05) is 4.47 Å². The van der Waals surface area contributed by atoms with Gasteiger partial charge in [-0.05, 0) is 23.2 Å². The SMILES string of the molecule is Nc1nc(Cl)nc2c1ncn2[C@@H]1O[C@H](COCc2ccccc2Br)[C@@H](O)[C@@H]1F. The number of rotatable bonds is 5. The molecule has 4 rings (SSSR count). The van der Waals surface area contributed by atoms with Crippen molar-refractivity contribution in [1.82, 2.24) is 19.5 Å². The Bertz CT molecular complexity index is 1010. The Kier molecular flexibility index (Phi) is 5.48. The van der Waals surface area contributed by atoms with Gasteiger partial charge in [-0.2, -0.15) is 9.97 Å². The number of nitrogens with zero attached hydrogens (tertiary/aromatic N) is 4. The van der Waals surface area contributed by atoms with E-state index in [1.54, 1.807) is 0 Å². The van der Waals surface area contributed by atoms with Crippen LogP contribution in [0.5, 0.6) is 0 Å². The highest BCUT2D eigenvalue weighted by atomic mass is 79.9. The summed E-state index contributed by atoms with van der Waals surface area (Å²) in [5.74, 6) is 0.0797. The molecule has 8 nitrogen and oxygen atoms in total. The maximum absolute atomic E-state index is 14.7. The molecule has 0 spiro atoms. The Balaban J connectivity index is 1.48. The maximum Gasteiger partial charge on any atom is 0.226 e. The van der Waals surface area contributed by atoms with Gasteiger partial charge in [-0.1, -0.05) is 34.1 Å². The van der Waals surface area contributed by atoms with Gasteiger partial charge in [0.15, 0.2) is 23.9 Å². The first-order chi connectivity index (χ1) is 13.5. The molecule has 0 amide bonds. The van der Waals surface area contributed by atoms with Crippen molar-refractivity contribution in [2.75, 3.05) is 12.3 Å². The maximum atomic E-state index is 14.7. The van der Waals surface area contributed by atoms with Crippen molar-refractivity contribution < 1.29 is 19.0 Å². The summed E-state index contributed by atoms with van der Waals surface area (Å²) in [6.07, 6.45) is -3.72. The van der Waals surface area contributed by atoms with E-state index in [0.29, 0.717) is 6.61 Å². The second-order valence-electron chi connectivity index (χ2n) is 6.31. The number of nitrogens with two attached hydrogens (primary N) is 1. The van der Waals surface area contributed by atoms with Gasteiger partial charge in [-0.3, -0.25) is 4.57 Å². The normalized spacial score (nSPS) is 24.9. The van der Waals surface area contributed by atoms with Crippen molar-refractivity contribution in [1.29, 1.82) is 0 Å². The van der Waals surface area contributed by atoms with Crippen LogP contribution in [0.1, 0.15) is 11.8 Å². The number of nitrogen functional groups attached to an aromatic ring is 1. The molecule has 0 unspecified atom stereocenters. The van der Waals surface area contributed by atoms with E-state index in [0.717, 1.165) is 10.0 Å². The zero-order chi connectivity index (χ0) is 19.8. The summed E-state index contributed by atoms with van der Waals surface area (Å²) in [4.78, 5) is 12.0. The minimum absolute atomic E-state index is 0.0178. The number of hydrogen-bond acceptors (Lipinski definition) is 7. The van der Waals surface area contributed by atoms with E-state index in [2.05, 4.69) is 30.9 Å². The van der Waals surface area contributed by atoms with E-state index >= 15 is 0 Å². The van der Waals surface area contributed by atoms with Crippen LogP contribution in [0.25, 0.3) is 11.2 Å². The molecular formula is C17H16BrClFN5O3. The quantitative estimate of drug-likeness (QED) is 0.550. The first-order valence-electron chi connectivity index (χ1n) is 8.40. The molecule has 4 atom stereocenters. The van der Waals surface area contributed by atoms with Crippen LogP contribution >= 0.6 is 27.5 Å². The number of benzene rings is 1. The van der Waals surface area contributed by atoms with Crippen LogP contribution in [0, 0.1) is 0 Å². The van der Waals surface area contributed by atoms with Gasteiger partial charge in [0.05, 0.1) is 19.5 Å². The number of aliphatic hydroxyl groups excluding tert-OH is 1. The number of aromatic nitrogens is 4. The van der Waals surface area contributed by atoms with Crippen molar-refractivity contribution in [3.8, 4) is 0 Å². The van der Waals surface area contributed by atoms with Gasteiger partial charge in [0.2, 0.25) is 5.28 Å². The van der Waals surface area contributed by atoms with Crippen molar-refractivity contribution in [2.45, 2.75) is 31.2 Å². The lowest BCUT2D eigenvalue weighted by Gasteiger charge is -2.16. The first kappa shape index (κ1) is 19.5. The zero-order valence-corrected chi connectivity index (χ0v) is 16.7. The monoisotopic (exact) mass is 471 g/mol. The summed E-state index contributed by atoms with van der Waals surface area (Å²) in [7, 11) is 0. The molecule has 28 heavy (non-hydrogen) atoms. The second-order valence-corrected chi connectivity index (χ2v) is 7.50. The Hall–Kier alpha value is -1.85. The number of imidazole rings is 1. The molecule has 0 aliphatic carbocycles. The lowest BCUT2D eigenvalue weighted by molar-refractivity contribution is -0.0661. The molecular weight excluding hydrogens is 457 g/mol. The molecule has 1 saturated heterocycles. The number of hydrogen-bond donors (Lipinski definition) is 2. The lowest BCUT2D eigenvalue weighted by atomic mass is 10.1. The van der Waals surface area contributed by atoms with E-state index in [9.17, 15) is 9.50 Å². The number of ether oxygens (including phenoxy) is 2. The first-order valence-corrected chi connectivity index (χ1v) is 9.57. The number of aliphatic hydroxyl groups is 1. The molecule has 2 aromatic heterocycles. The van der Waals surface area contributed by atoms with E-state index in [4.69, 9.17) is 26.8 Å². The van der Waals surface area contributed by atoms with Gasteiger partial charge in [0.1, 0.15) is 17.7 Å². The summed E-state index contributed by atoms with van der Waals surface area (Å²) in [5.41, 5.74) is 7.22. The van der Waals surface area contributed by atoms with Crippen LogP contribution < -0.4 is 5.73 Å². The van der Waals surface area contributed by atoms with E-state index in [1.807, 2.05) is 24.3 Å². The highest BCUT2D eigenvalue weighted by Crippen LogP contribution is 2.34. The molecule has 1 aromatic carbocycles. The fourth-order valence-electron chi connectivity index (χ4n) is 3.06. The molecule has 1 fully saturated rings. The molecule has 0 radical (unpaired) electrons. The molecule has 0 bridgehead atoms. The van der Waals surface area contributed by atoms with E-state index in [-0.39, 0.29) is 28.9 Å². The average molecular weight is 473 g/mol. The minimum Gasteiger partial charge on any atom is -0.387 e. The summed E-state index contributed by atoms with van der Waals surface area (Å²) >= 11 is 9.28. The van der Waals surface area contributed by atoms with Gasteiger partial charge in [0.25, 0.3) is 0 Å². The van der Waals surface area contributed by atoms with Gasteiger partial charge in [-0.25, -0.2) is 9.37 Å². The van der Waals surface area contributed by atoms with Crippen LogP contribution in [-0.2, 0) is 16.1 Å². The van der Waals surface area contributed by atoms with E-state index in [1.165, 1.54) is 10.9 Å². The van der Waals surface area contributed by atoms with Crippen LogP contribution in [0.15, 0.2) is 35.1 Å². The predicted octanol–water partition coefficient (Wildman–Crippen LogP) is 2.64. The molecule has 3 N–H and O–H groups in total. The summed E-state index contributed by atoms with van der Waals surface area (Å²) in [6.45, 7) is 0.312. The van der Waals surface area contributed by atoms with Crippen molar-refractivity contribution >= 4 is 44.5 Å². The zero-order valence-electron chi connectivity index (χ0n) is 14.4. The fraction of sp³-hybridized carbons (Fsp3) is 0.353. The molecule has 148 valence electrons.